The average Bonchev–Trinajstić information content (AvgIpc) is 3.12. The third-order valence-corrected chi connectivity index (χ3v) is 7.34. The van der Waals surface area contributed by atoms with Gasteiger partial charge in [-0.2, -0.15) is 0 Å². The number of carbonyl (C=O) groups excluding carboxylic acids is 3. The SMILES string of the molecule is COc1ccc(CCN2C(=O)N[C@@H](CCC(=O)NC[C@@H]3CCCN4CCCC[C@H]34)C2=O)cc1. The van der Waals surface area contributed by atoms with Crippen molar-refractivity contribution in [2.24, 2.45) is 5.92 Å². The van der Waals surface area contributed by atoms with E-state index in [0.29, 0.717) is 37.9 Å². The molecular weight excluding hydrogens is 420 g/mol. The van der Waals surface area contributed by atoms with Crippen LogP contribution < -0.4 is 15.4 Å². The van der Waals surface area contributed by atoms with Crippen LogP contribution in [0, 0.1) is 5.92 Å². The monoisotopic (exact) mass is 456 g/mol. The van der Waals surface area contributed by atoms with E-state index in [1.165, 1.54) is 50.1 Å². The standard InChI is InChI=1S/C25H36N4O4/c1-33-20-9-7-18(8-10-20)13-16-29-24(31)21(27-25(29)32)11-12-23(30)26-17-19-5-4-15-28-14-3-2-6-22(19)28/h7-10,19,21-22H,2-6,11-17H2,1H3,(H,26,30)(H,27,32)/t19-,21-,22+/m0/s1. The first-order chi connectivity index (χ1) is 16.0. The quantitative estimate of drug-likeness (QED) is 0.557. The number of ether oxygens (including phenoxy) is 1. The summed E-state index contributed by atoms with van der Waals surface area (Å²) in [4.78, 5) is 41.3. The molecular formula is C25H36N4O4. The minimum atomic E-state index is -0.623. The number of amides is 4. The molecule has 3 atom stereocenters. The number of nitrogens with one attached hydrogen (secondary N) is 2. The van der Waals surface area contributed by atoms with Crippen LogP contribution in [0.4, 0.5) is 4.79 Å². The highest BCUT2D eigenvalue weighted by atomic mass is 16.5. The van der Waals surface area contributed by atoms with Crippen molar-refractivity contribution in [1.82, 2.24) is 20.4 Å². The van der Waals surface area contributed by atoms with Crippen LogP contribution in [0.5, 0.6) is 5.75 Å². The molecule has 3 saturated heterocycles. The van der Waals surface area contributed by atoms with Gasteiger partial charge >= 0.3 is 6.03 Å². The van der Waals surface area contributed by atoms with E-state index in [0.717, 1.165) is 11.3 Å². The topological polar surface area (TPSA) is 91.0 Å². The Kier molecular flexibility index (Phi) is 7.85. The maximum absolute atomic E-state index is 12.7. The summed E-state index contributed by atoms with van der Waals surface area (Å²) in [5.41, 5.74) is 1.03. The lowest BCUT2D eigenvalue weighted by molar-refractivity contribution is -0.127. The number of urea groups is 1. The van der Waals surface area contributed by atoms with E-state index in [2.05, 4.69) is 15.5 Å². The molecule has 1 aromatic rings. The largest absolute Gasteiger partial charge is 0.497 e. The summed E-state index contributed by atoms with van der Waals surface area (Å²) in [6.45, 7) is 3.40. The van der Waals surface area contributed by atoms with Crippen molar-refractivity contribution in [3.63, 3.8) is 0 Å². The Bertz CT molecular complexity index is 841. The van der Waals surface area contributed by atoms with Gasteiger partial charge in [0, 0.05) is 25.6 Å². The molecule has 33 heavy (non-hydrogen) atoms. The van der Waals surface area contributed by atoms with Crippen LogP contribution in [0.3, 0.4) is 0 Å². The van der Waals surface area contributed by atoms with Gasteiger partial charge < -0.3 is 20.3 Å². The third-order valence-electron chi connectivity index (χ3n) is 7.34. The van der Waals surface area contributed by atoms with Gasteiger partial charge in [-0.05, 0) is 75.2 Å². The maximum Gasteiger partial charge on any atom is 0.324 e. The number of methoxy groups -OCH3 is 1. The second-order valence-corrected chi connectivity index (χ2v) is 9.43. The van der Waals surface area contributed by atoms with Gasteiger partial charge in [-0.3, -0.25) is 14.5 Å². The molecule has 1 aromatic carbocycles. The van der Waals surface area contributed by atoms with E-state index in [9.17, 15) is 14.4 Å². The fraction of sp³-hybridized carbons (Fsp3) is 0.640. The Balaban J connectivity index is 1.19. The first-order valence-electron chi connectivity index (χ1n) is 12.3. The summed E-state index contributed by atoms with van der Waals surface area (Å²) in [5, 5.41) is 5.83. The van der Waals surface area contributed by atoms with E-state index in [-0.39, 0.29) is 24.3 Å². The number of hydrogen-bond donors (Lipinski definition) is 2. The third kappa shape index (κ3) is 5.85. The molecule has 0 unspecified atom stereocenters. The fourth-order valence-corrected chi connectivity index (χ4v) is 5.44. The van der Waals surface area contributed by atoms with Crippen molar-refractivity contribution in [2.75, 3.05) is 33.3 Å². The van der Waals surface area contributed by atoms with E-state index in [1.54, 1.807) is 7.11 Å². The zero-order valence-corrected chi connectivity index (χ0v) is 19.6. The van der Waals surface area contributed by atoms with Crippen molar-refractivity contribution >= 4 is 17.8 Å². The lowest BCUT2D eigenvalue weighted by Crippen LogP contribution is -2.51. The molecule has 0 bridgehead atoms. The molecule has 0 saturated carbocycles. The van der Waals surface area contributed by atoms with Crippen molar-refractivity contribution in [2.45, 2.75) is 63.5 Å². The summed E-state index contributed by atoms with van der Waals surface area (Å²) >= 11 is 0. The predicted molar refractivity (Wildman–Crippen MR) is 125 cm³/mol. The van der Waals surface area contributed by atoms with Gasteiger partial charge in [-0.1, -0.05) is 18.6 Å². The van der Waals surface area contributed by atoms with Crippen LogP contribution in [0.1, 0.15) is 50.5 Å². The normalized spacial score (nSPS) is 25.5. The highest BCUT2D eigenvalue weighted by molar-refractivity contribution is 6.04. The first kappa shape index (κ1) is 23.5. The van der Waals surface area contributed by atoms with Crippen LogP contribution in [0.15, 0.2) is 24.3 Å². The van der Waals surface area contributed by atoms with Gasteiger partial charge in [0.05, 0.1) is 7.11 Å². The second-order valence-electron chi connectivity index (χ2n) is 9.43. The highest BCUT2D eigenvalue weighted by Crippen LogP contribution is 2.30. The molecule has 3 fully saturated rings. The molecule has 3 heterocycles. The van der Waals surface area contributed by atoms with Gasteiger partial charge in [0.2, 0.25) is 5.91 Å². The van der Waals surface area contributed by atoms with Gasteiger partial charge in [0.25, 0.3) is 5.91 Å². The molecule has 8 heteroatoms. The lowest BCUT2D eigenvalue weighted by Gasteiger charge is -2.44. The average molecular weight is 457 g/mol. The molecule has 2 N–H and O–H groups in total. The van der Waals surface area contributed by atoms with E-state index in [4.69, 9.17) is 4.74 Å². The number of piperidine rings is 2. The van der Waals surface area contributed by atoms with E-state index < -0.39 is 6.04 Å². The highest BCUT2D eigenvalue weighted by Gasteiger charge is 2.38. The molecule has 4 amide bonds. The molecule has 3 aliphatic heterocycles. The van der Waals surface area contributed by atoms with Gasteiger partial charge in [0.1, 0.15) is 11.8 Å². The number of nitrogens with zero attached hydrogens (tertiary/aromatic N) is 2. The molecule has 0 spiro atoms. The van der Waals surface area contributed by atoms with E-state index >= 15 is 0 Å². The van der Waals surface area contributed by atoms with Crippen LogP contribution in [0.2, 0.25) is 0 Å². The van der Waals surface area contributed by atoms with Crippen molar-refractivity contribution in [3.05, 3.63) is 29.8 Å². The number of rotatable bonds is 9. The molecule has 4 rings (SSSR count). The summed E-state index contributed by atoms with van der Waals surface area (Å²) < 4.78 is 5.15. The molecule has 180 valence electrons. The van der Waals surface area contributed by atoms with Gasteiger partial charge in [-0.25, -0.2) is 4.79 Å². The summed E-state index contributed by atoms with van der Waals surface area (Å²) in [5.74, 6) is 1.00. The molecule has 0 aliphatic carbocycles. The number of imide groups is 1. The Labute approximate surface area is 196 Å². The smallest absolute Gasteiger partial charge is 0.324 e. The number of carbonyl (C=O) groups is 3. The lowest BCUT2D eigenvalue weighted by atomic mass is 9.83. The maximum atomic E-state index is 12.7. The Morgan fingerprint density at radius 3 is 2.70 bits per heavy atom. The second kappa shape index (κ2) is 11.0. The minimum absolute atomic E-state index is 0.0401. The Hall–Kier alpha value is -2.61. The Morgan fingerprint density at radius 1 is 1.12 bits per heavy atom. The fourth-order valence-electron chi connectivity index (χ4n) is 5.44. The van der Waals surface area contributed by atoms with Crippen LogP contribution in [-0.2, 0) is 16.0 Å². The van der Waals surface area contributed by atoms with Crippen LogP contribution in [-0.4, -0.2) is 73.0 Å². The minimum Gasteiger partial charge on any atom is -0.497 e. The molecule has 0 aromatic heterocycles. The van der Waals surface area contributed by atoms with Crippen molar-refractivity contribution < 1.29 is 19.1 Å². The number of hydrogen-bond acceptors (Lipinski definition) is 5. The van der Waals surface area contributed by atoms with Crippen molar-refractivity contribution in [3.8, 4) is 5.75 Å². The Morgan fingerprint density at radius 2 is 1.91 bits per heavy atom. The predicted octanol–water partition coefficient (Wildman–Crippen LogP) is 2.32. The summed E-state index contributed by atoms with van der Waals surface area (Å²) in [7, 11) is 1.61. The zero-order valence-electron chi connectivity index (χ0n) is 19.6. The van der Waals surface area contributed by atoms with Gasteiger partial charge in [-0.15, -0.1) is 0 Å². The number of fused-ring (bicyclic) bond motifs is 1. The molecule has 8 nitrogen and oxygen atoms in total. The summed E-state index contributed by atoms with van der Waals surface area (Å²) in [6, 6.07) is 7.18. The van der Waals surface area contributed by atoms with Gasteiger partial charge in [0.15, 0.2) is 0 Å². The molecule has 0 radical (unpaired) electrons. The van der Waals surface area contributed by atoms with Crippen LogP contribution >= 0.6 is 0 Å². The zero-order chi connectivity index (χ0) is 23.2. The van der Waals surface area contributed by atoms with E-state index in [1.807, 2.05) is 24.3 Å². The van der Waals surface area contributed by atoms with Crippen LogP contribution in [0.25, 0.3) is 0 Å². The first-order valence-corrected chi connectivity index (χ1v) is 12.3. The number of benzene rings is 1. The van der Waals surface area contributed by atoms with Crippen molar-refractivity contribution in [1.29, 1.82) is 0 Å². The summed E-state index contributed by atoms with van der Waals surface area (Å²) in [6.07, 6.45) is 7.32. The molecule has 3 aliphatic rings.